The molecule has 0 aliphatic heterocycles. The smallest absolute Gasteiger partial charge is 0.334 e. The molecule has 0 bridgehead atoms. The molecule has 152 valence electrons. The molecule has 1 heterocycles. The van der Waals surface area contributed by atoms with Crippen LogP contribution in [0.25, 0.3) is 0 Å². The van der Waals surface area contributed by atoms with Crippen molar-refractivity contribution < 1.29 is 14.5 Å². The van der Waals surface area contributed by atoms with Gasteiger partial charge in [0.15, 0.2) is 5.78 Å². The molecule has 0 fully saturated rings. The summed E-state index contributed by atoms with van der Waals surface area (Å²) < 4.78 is 0. The van der Waals surface area contributed by atoms with E-state index in [2.05, 4.69) is 25.9 Å². The molecule has 3 aromatic rings. The first-order valence-electron chi connectivity index (χ1n) is 8.85. The largest absolute Gasteiger partial charge is 0.353 e. The van der Waals surface area contributed by atoms with Crippen molar-refractivity contribution >= 4 is 46.1 Å². The summed E-state index contributed by atoms with van der Waals surface area (Å²) in [6, 6.07) is 13.1. The van der Waals surface area contributed by atoms with Crippen LogP contribution in [0.2, 0.25) is 0 Å². The molecule has 0 radical (unpaired) electrons. The van der Waals surface area contributed by atoms with E-state index >= 15 is 0 Å². The minimum absolute atomic E-state index is 0.00272. The lowest BCUT2D eigenvalue weighted by Gasteiger charge is -2.11. The van der Waals surface area contributed by atoms with Gasteiger partial charge in [-0.2, -0.15) is 0 Å². The van der Waals surface area contributed by atoms with E-state index in [4.69, 9.17) is 0 Å². The SMILES string of the molecule is CC(=O)Nc1ccc(Nc2ncnc(Nc3ccc(C(C)=O)cc3)c2[N+](=O)[O-])cc1. The third kappa shape index (κ3) is 4.93. The maximum atomic E-state index is 11.7. The van der Waals surface area contributed by atoms with Crippen LogP contribution in [0.4, 0.5) is 34.4 Å². The van der Waals surface area contributed by atoms with Gasteiger partial charge in [-0.3, -0.25) is 19.7 Å². The van der Waals surface area contributed by atoms with Crippen molar-refractivity contribution in [3.05, 3.63) is 70.5 Å². The molecule has 0 atom stereocenters. The highest BCUT2D eigenvalue weighted by atomic mass is 16.6. The summed E-state index contributed by atoms with van der Waals surface area (Å²) in [5.74, 6) is -0.271. The second kappa shape index (κ2) is 8.78. The summed E-state index contributed by atoms with van der Waals surface area (Å²) >= 11 is 0. The highest BCUT2D eigenvalue weighted by Gasteiger charge is 2.23. The second-order valence-corrected chi connectivity index (χ2v) is 6.32. The van der Waals surface area contributed by atoms with E-state index in [1.807, 2.05) is 0 Å². The fourth-order valence-corrected chi connectivity index (χ4v) is 2.64. The third-order valence-corrected chi connectivity index (χ3v) is 4.03. The lowest BCUT2D eigenvalue weighted by atomic mass is 10.1. The molecule has 0 saturated heterocycles. The number of carbonyl (C=O) groups is 2. The standard InChI is InChI=1S/C20H18N6O4/c1-12(27)14-3-5-16(6-4-14)24-19-18(26(29)30)20(22-11-21-19)25-17-9-7-15(8-10-17)23-13(2)28/h3-11H,1-2H3,(H,23,28)(H2,21,22,24,25). The van der Waals surface area contributed by atoms with Gasteiger partial charge in [0.25, 0.3) is 0 Å². The highest BCUT2D eigenvalue weighted by Crippen LogP contribution is 2.33. The summed E-state index contributed by atoms with van der Waals surface area (Å²) in [7, 11) is 0. The van der Waals surface area contributed by atoms with Gasteiger partial charge in [-0.05, 0) is 55.5 Å². The number of anilines is 5. The van der Waals surface area contributed by atoms with Crippen LogP contribution in [-0.4, -0.2) is 26.6 Å². The lowest BCUT2D eigenvalue weighted by molar-refractivity contribution is -0.383. The van der Waals surface area contributed by atoms with E-state index in [1.54, 1.807) is 48.5 Å². The van der Waals surface area contributed by atoms with E-state index in [1.165, 1.54) is 20.2 Å². The van der Waals surface area contributed by atoms with Gasteiger partial charge in [-0.1, -0.05) is 0 Å². The molecule has 3 N–H and O–H groups in total. The molecule has 0 saturated carbocycles. The van der Waals surface area contributed by atoms with Gasteiger partial charge >= 0.3 is 5.69 Å². The molecule has 1 aromatic heterocycles. The van der Waals surface area contributed by atoms with Crippen LogP contribution in [0.3, 0.4) is 0 Å². The Morgan fingerprint density at radius 2 is 1.30 bits per heavy atom. The fourth-order valence-electron chi connectivity index (χ4n) is 2.64. The molecular formula is C20H18N6O4. The Hall–Kier alpha value is -4.34. The summed E-state index contributed by atoms with van der Waals surface area (Å²) in [6.07, 6.45) is 1.20. The summed E-state index contributed by atoms with van der Waals surface area (Å²) in [5.41, 5.74) is 1.87. The number of benzene rings is 2. The first kappa shape index (κ1) is 20.4. The van der Waals surface area contributed by atoms with Crippen molar-refractivity contribution in [1.29, 1.82) is 0 Å². The maximum Gasteiger partial charge on any atom is 0.353 e. The quantitative estimate of drug-likeness (QED) is 0.303. The zero-order chi connectivity index (χ0) is 21.7. The van der Waals surface area contributed by atoms with Gasteiger partial charge in [-0.15, -0.1) is 0 Å². The molecule has 1 amide bonds. The van der Waals surface area contributed by atoms with Crippen LogP contribution in [0, 0.1) is 10.1 Å². The first-order valence-corrected chi connectivity index (χ1v) is 8.85. The van der Waals surface area contributed by atoms with Gasteiger partial charge < -0.3 is 16.0 Å². The zero-order valence-corrected chi connectivity index (χ0v) is 16.2. The predicted molar refractivity (Wildman–Crippen MR) is 112 cm³/mol. The van der Waals surface area contributed by atoms with Crippen molar-refractivity contribution in [3.63, 3.8) is 0 Å². The minimum atomic E-state index is -0.583. The zero-order valence-electron chi connectivity index (χ0n) is 16.2. The molecular weight excluding hydrogens is 388 g/mol. The van der Waals surface area contributed by atoms with Crippen LogP contribution in [0.5, 0.6) is 0 Å². The van der Waals surface area contributed by atoms with E-state index < -0.39 is 4.92 Å². The minimum Gasteiger partial charge on any atom is -0.334 e. The second-order valence-electron chi connectivity index (χ2n) is 6.32. The van der Waals surface area contributed by atoms with Gasteiger partial charge in [-0.25, -0.2) is 9.97 Å². The van der Waals surface area contributed by atoms with Crippen LogP contribution >= 0.6 is 0 Å². The third-order valence-electron chi connectivity index (χ3n) is 4.03. The number of rotatable bonds is 7. The molecule has 10 heteroatoms. The van der Waals surface area contributed by atoms with E-state index in [-0.39, 0.29) is 29.0 Å². The Labute approximate surface area is 171 Å². The number of amides is 1. The number of carbonyl (C=O) groups excluding carboxylic acids is 2. The van der Waals surface area contributed by atoms with Gasteiger partial charge in [0.1, 0.15) is 6.33 Å². The summed E-state index contributed by atoms with van der Waals surface area (Å²) in [5, 5.41) is 20.1. The number of Topliss-reactive ketones (excluding diaryl/α,β-unsaturated/α-hetero) is 1. The van der Waals surface area contributed by atoms with Gasteiger partial charge in [0.05, 0.1) is 4.92 Å². The van der Waals surface area contributed by atoms with Crippen molar-refractivity contribution in [3.8, 4) is 0 Å². The Balaban J connectivity index is 1.86. The monoisotopic (exact) mass is 406 g/mol. The molecule has 0 spiro atoms. The topological polar surface area (TPSA) is 139 Å². The van der Waals surface area contributed by atoms with Gasteiger partial charge in [0, 0.05) is 29.5 Å². The Bertz CT molecular complexity index is 1100. The highest BCUT2D eigenvalue weighted by molar-refractivity contribution is 5.94. The number of nitrogens with zero attached hydrogens (tertiary/aromatic N) is 3. The van der Waals surface area contributed by atoms with Crippen molar-refractivity contribution in [2.24, 2.45) is 0 Å². The molecule has 10 nitrogen and oxygen atoms in total. The van der Waals surface area contributed by atoms with Crippen LogP contribution in [0.1, 0.15) is 24.2 Å². The summed E-state index contributed by atoms with van der Waals surface area (Å²) in [4.78, 5) is 41.6. The van der Waals surface area contributed by atoms with Crippen molar-refractivity contribution in [1.82, 2.24) is 9.97 Å². The lowest BCUT2D eigenvalue weighted by Crippen LogP contribution is -2.06. The van der Waals surface area contributed by atoms with E-state index in [9.17, 15) is 19.7 Å². The average molecular weight is 406 g/mol. The molecule has 0 unspecified atom stereocenters. The Morgan fingerprint density at radius 1 is 0.833 bits per heavy atom. The van der Waals surface area contributed by atoms with Crippen molar-refractivity contribution in [2.45, 2.75) is 13.8 Å². The number of hydrogen-bond acceptors (Lipinski definition) is 8. The molecule has 2 aromatic carbocycles. The average Bonchev–Trinajstić information content (AvgIpc) is 2.69. The number of ketones is 1. The normalized spacial score (nSPS) is 10.2. The number of aromatic nitrogens is 2. The molecule has 3 rings (SSSR count). The maximum absolute atomic E-state index is 11.7. The molecule has 0 aliphatic rings. The summed E-state index contributed by atoms with van der Waals surface area (Å²) in [6.45, 7) is 2.86. The predicted octanol–water partition coefficient (Wildman–Crippen LogP) is 4.03. The van der Waals surface area contributed by atoms with Crippen molar-refractivity contribution in [2.75, 3.05) is 16.0 Å². The molecule has 0 aliphatic carbocycles. The fraction of sp³-hybridized carbons (Fsp3) is 0.100. The first-order chi connectivity index (χ1) is 14.3. The molecule has 30 heavy (non-hydrogen) atoms. The van der Waals surface area contributed by atoms with Crippen LogP contribution in [-0.2, 0) is 4.79 Å². The van der Waals surface area contributed by atoms with Crippen LogP contribution < -0.4 is 16.0 Å². The number of nitrogens with one attached hydrogen (secondary N) is 3. The number of hydrogen-bond donors (Lipinski definition) is 3. The Morgan fingerprint density at radius 3 is 1.73 bits per heavy atom. The Kier molecular flexibility index (Phi) is 5.97. The van der Waals surface area contributed by atoms with E-state index in [0.717, 1.165) is 0 Å². The van der Waals surface area contributed by atoms with E-state index in [0.29, 0.717) is 22.6 Å². The number of nitro groups is 1. The van der Waals surface area contributed by atoms with Crippen LogP contribution in [0.15, 0.2) is 54.9 Å². The van der Waals surface area contributed by atoms with Gasteiger partial charge in [0.2, 0.25) is 17.5 Å².